The lowest BCUT2D eigenvalue weighted by Gasteiger charge is -2.19. The van der Waals surface area contributed by atoms with Gasteiger partial charge in [0.2, 0.25) is 0 Å². The summed E-state index contributed by atoms with van der Waals surface area (Å²) in [4.78, 5) is 10.3. The molecule has 88 valence electrons. The van der Waals surface area contributed by atoms with Crippen LogP contribution in [0.4, 0.5) is 11.6 Å². The highest BCUT2D eigenvalue weighted by molar-refractivity contribution is 9.10. The second kappa shape index (κ2) is 4.55. The zero-order valence-electron chi connectivity index (χ0n) is 9.10. The highest BCUT2D eigenvalue weighted by Gasteiger charge is 2.28. The predicted octanol–water partition coefficient (Wildman–Crippen LogP) is 1.03. The second-order valence-electron chi connectivity index (χ2n) is 4.13. The Morgan fingerprint density at radius 1 is 1.62 bits per heavy atom. The fourth-order valence-electron chi connectivity index (χ4n) is 1.97. The van der Waals surface area contributed by atoms with E-state index in [2.05, 4.69) is 30.8 Å². The Morgan fingerprint density at radius 2 is 2.38 bits per heavy atom. The summed E-state index contributed by atoms with van der Waals surface area (Å²) in [6, 6.07) is 0. The van der Waals surface area contributed by atoms with Crippen LogP contribution in [-0.4, -0.2) is 34.3 Å². The average molecular weight is 287 g/mol. The van der Waals surface area contributed by atoms with Crippen LogP contribution in [0.1, 0.15) is 13.3 Å². The summed E-state index contributed by atoms with van der Waals surface area (Å²) < 4.78 is 0.737. The molecular formula is C10H15BrN4O. The minimum Gasteiger partial charge on any atom is -0.393 e. The first-order valence-electron chi connectivity index (χ1n) is 5.28. The number of nitrogens with two attached hydrogens (primary N) is 1. The van der Waals surface area contributed by atoms with E-state index in [4.69, 9.17) is 5.73 Å². The maximum atomic E-state index is 9.54. The van der Waals surface area contributed by atoms with Crippen LogP contribution in [0, 0.1) is 5.92 Å². The monoisotopic (exact) mass is 286 g/mol. The summed E-state index contributed by atoms with van der Waals surface area (Å²) in [5, 5.41) is 9.54. The molecule has 2 heterocycles. The summed E-state index contributed by atoms with van der Waals surface area (Å²) in [7, 11) is 0. The molecule has 1 aromatic rings. The largest absolute Gasteiger partial charge is 0.393 e. The van der Waals surface area contributed by atoms with Gasteiger partial charge in [0.05, 0.1) is 6.10 Å². The predicted molar refractivity (Wildman–Crippen MR) is 66.1 cm³/mol. The molecule has 2 atom stereocenters. The topological polar surface area (TPSA) is 75.3 Å². The summed E-state index contributed by atoms with van der Waals surface area (Å²) in [6.07, 6.45) is 2.17. The first kappa shape index (κ1) is 11.6. The molecule has 1 fully saturated rings. The molecule has 16 heavy (non-hydrogen) atoms. The van der Waals surface area contributed by atoms with E-state index >= 15 is 0 Å². The second-order valence-corrected chi connectivity index (χ2v) is 4.92. The van der Waals surface area contributed by atoms with Gasteiger partial charge in [0, 0.05) is 19.0 Å². The normalized spacial score (nSPS) is 22.4. The SMILES string of the molecule is CC(O)C1CCN(c2ncnc(N)c2Br)C1. The minimum atomic E-state index is -0.275. The fourth-order valence-corrected chi connectivity index (χ4v) is 2.42. The van der Waals surface area contributed by atoms with E-state index in [1.807, 2.05) is 6.92 Å². The molecule has 0 aliphatic carbocycles. The molecule has 1 aliphatic heterocycles. The Morgan fingerprint density at radius 3 is 3.00 bits per heavy atom. The van der Waals surface area contributed by atoms with E-state index in [1.54, 1.807) is 0 Å². The van der Waals surface area contributed by atoms with Gasteiger partial charge in [-0.05, 0) is 29.3 Å². The van der Waals surface area contributed by atoms with Crippen molar-refractivity contribution >= 4 is 27.6 Å². The van der Waals surface area contributed by atoms with Gasteiger partial charge in [-0.3, -0.25) is 0 Å². The Balaban J connectivity index is 2.17. The Bertz CT molecular complexity index is 385. The molecule has 1 aromatic heterocycles. The number of halogens is 1. The number of anilines is 2. The highest BCUT2D eigenvalue weighted by Crippen LogP contribution is 2.31. The van der Waals surface area contributed by atoms with Gasteiger partial charge in [-0.1, -0.05) is 0 Å². The van der Waals surface area contributed by atoms with Crippen molar-refractivity contribution in [2.24, 2.45) is 5.92 Å². The fraction of sp³-hybridized carbons (Fsp3) is 0.600. The highest BCUT2D eigenvalue weighted by atomic mass is 79.9. The molecule has 0 bridgehead atoms. The molecule has 0 aromatic carbocycles. The van der Waals surface area contributed by atoms with Crippen LogP contribution in [0.3, 0.4) is 0 Å². The zero-order valence-corrected chi connectivity index (χ0v) is 10.7. The van der Waals surface area contributed by atoms with Crippen LogP contribution in [0.15, 0.2) is 10.8 Å². The lowest BCUT2D eigenvalue weighted by atomic mass is 10.0. The number of aliphatic hydroxyl groups is 1. The zero-order chi connectivity index (χ0) is 11.7. The molecule has 2 unspecified atom stereocenters. The summed E-state index contributed by atoms with van der Waals surface area (Å²) in [5.74, 6) is 1.57. The molecule has 6 heteroatoms. The third-order valence-corrected chi connectivity index (χ3v) is 3.77. The van der Waals surface area contributed by atoms with Crippen LogP contribution in [0.25, 0.3) is 0 Å². The molecule has 1 saturated heterocycles. The van der Waals surface area contributed by atoms with Crippen molar-refractivity contribution in [3.63, 3.8) is 0 Å². The van der Waals surface area contributed by atoms with Gasteiger partial charge in [-0.25, -0.2) is 9.97 Å². The van der Waals surface area contributed by atoms with Crippen molar-refractivity contribution in [3.05, 3.63) is 10.8 Å². The molecule has 5 nitrogen and oxygen atoms in total. The number of aliphatic hydroxyl groups excluding tert-OH is 1. The minimum absolute atomic E-state index is 0.275. The first-order valence-corrected chi connectivity index (χ1v) is 6.08. The molecule has 0 radical (unpaired) electrons. The number of hydrogen-bond acceptors (Lipinski definition) is 5. The van der Waals surface area contributed by atoms with Crippen molar-refractivity contribution in [1.82, 2.24) is 9.97 Å². The number of aromatic nitrogens is 2. The van der Waals surface area contributed by atoms with Gasteiger partial charge in [0.15, 0.2) is 0 Å². The van der Waals surface area contributed by atoms with Gasteiger partial charge in [-0.15, -0.1) is 0 Å². The van der Waals surface area contributed by atoms with Crippen LogP contribution in [0.2, 0.25) is 0 Å². The van der Waals surface area contributed by atoms with Crippen LogP contribution in [-0.2, 0) is 0 Å². The van der Waals surface area contributed by atoms with E-state index < -0.39 is 0 Å². The third-order valence-electron chi connectivity index (χ3n) is 3.00. The Labute approximate surface area is 103 Å². The molecule has 2 rings (SSSR count). The molecule has 3 N–H and O–H groups in total. The van der Waals surface area contributed by atoms with Crippen LogP contribution < -0.4 is 10.6 Å². The van der Waals surface area contributed by atoms with E-state index in [0.717, 1.165) is 29.8 Å². The molecule has 1 aliphatic rings. The molecule has 0 amide bonds. The van der Waals surface area contributed by atoms with E-state index in [0.29, 0.717) is 11.7 Å². The average Bonchev–Trinajstić information content (AvgIpc) is 2.71. The Kier molecular flexibility index (Phi) is 3.30. The van der Waals surface area contributed by atoms with Crippen molar-refractivity contribution < 1.29 is 5.11 Å². The van der Waals surface area contributed by atoms with E-state index in [-0.39, 0.29) is 6.10 Å². The maximum absolute atomic E-state index is 9.54. The number of hydrogen-bond donors (Lipinski definition) is 2. The molecular weight excluding hydrogens is 272 g/mol. The number of nitrogens with zero attached hydrogens (tertiary/aromatic N) is 3. The van der Waals surface area contributed by atoms with Gasteiger partial charge < -0.3 is 15.7 Å². The van der Waals surface area contributed by atoms with Gasteiger partial charge in [0.25, 0.3) is 0 Å². The maximum Gasteiger partial charge on any atom is 0.148 e. The van der Waals surface area contributed by atoms with Gasteiger partial charge in [-0.2, -0.15) is 0 Å². The Hall–Kier alpha value is -0.880. The summed E-state index contributed by atoms with van der Waals surface area (Å²) in [5.41, 5.74) is 5.71. The number of nitrogen functional groups attached to an aromatic ring is 1. The van der Waals surface area contributed by atoms with Crippen molar-refractivity contribution in [2.75, 3.05) is 23.7 Å². The van der Waals surface area contributed by atoms with E-state index in [1.165, 1.54) is 6.33 Å². The van der Waals surface area contributed by atoms with Crippen molar-refractivity contribution in [1.29, 1.82) is 0 Å². The lowest BCUT2D eigenvalue weighted by Crippen LogP contribution is -2.25. The first-order chi connectivity index (χ1) is 7.59. The van der Waals surface area contributed by atoms with Crippen molar-refractivity contribution in [3.8, 4) is 0 Å². The van der Waals surface area contributed by atoms with E-state index in [9.17, 15) is 5.11 Å². The van der Waals surface area contributed by atoms with Crippen LogP contribution in [0.5, 0.6) is 0 Å². The summed E-state index contributed by atoms with van der Waals surface area (Å²) in [6.45, 7) is 3.54. The number of rotatable bonds is 2. The van der Waals surface area contributed by atoms with Gasteiger partial charge in [0.1, 0.15) is 22.4 Å². The molecule has 0 spiro atoms. The lowest BCUT2D eigenvalue weighted by molar-refractivity contribution is 0.136. The third kappa shape index (κ3) is 2.12. The van der Waals surface area contributed by atoms with Crippen molar-refractivity contribution in [2.45, 2.75) is 19.4 Å². The summed E-state index contributed by atoms with van der Waals surface area (Å²) >= 11 is 3.39. The standard InChI is InChI=1S/C10H15BrN4O/c1-6(16)7-2-3-15(4-7)10-8(11)9(12)13-5-14-10/h5-7,16H,2-4H2,1H3,(H2,12,13,14). The smallest absolute Gasteiger partial charge is 0.148 e. The van der Waals surface area contributed by atoms with Gasteiger partial charge >= 0.3 is 0 Å². The van der Waals surface area contributed by atoms with Crippen LogP contribution >= 0.6 is 15.9 Å². The quantitative estimate of drug-likeness (QED) is 0.849. The molecule has 0 saturated carbocycles.